The second-order valence-electron chi connectivity index (χ2n) is 13.8. The molecule has 1 atom stereocenters. The molecule has 14 nitrogen and oxygen atoms in total. The Hall–Kier alpha value is -7.40. The van der Waals surface area contributed by atoms with Crippen LogP contribution in [-0.4, -0.2) is 76.5 Å². The number of imide groups is 1. The minimum Gasteiger partial charge on any atom is -0.382 e. The molecule has 1 unspecified atom stereocenters. The number of nitrogens with zero attached hydrogens (tertiary/aromatic N) is 3. The SMILES string of the molecule is CNC(=O)c1cc2c(c(-c3cccc4cc(-c5ccc(C(=O)NCCC#Cc6cccc7c6CN(C6CCC(=O)NC6=O)C7=O)nc5)ncc34)c1)NCCC(=O)N2. The van der Waals surface area contributed by atoms with Crippen molar-refractivity contribution in [3.63, 3.8) is 0 Å². The van der Waals surface area contributed by atoms with Gasteiger partial charge < -0.3 is 26.2 Å². The Labute approximate surface area is 326 Å². The molecule has 5 N–H and O–H groups in total. The number of amides is 6. The summed E-state index contributed by atoms with van der Waals surface area (Å²) in [4.78, 5) is 85.7. The van der Waals surface area contributed by atoms with Crippen molar-refractivity contribution < 1.29 is 28.8 Å². The fraction of sp³-hybridized carbons (Fsp3) is 0.209. The molecule has 0 bridgehead atoms. The number of carbonyl (C=O) groups is 6. The van der Waals surface area contributed by atoms with E-state index in [-0.39, 0.29) is 61.2 Å². The first-order valence-electron chi connectivity index (χ1n) is 18.5. The highest BCUT2D eigenvalue weighted by atomic mass is 16.2. The maximum Gasteiger partial charge on any atom is 0.269 e. The van der Waals surface area contributed by atoms with E-state index in [0.29, 0.717) is 47.5 Å². The quantitative estimate of drug-likeness (QED) is 0.0927. The fourth-order valence-corrected chi connectivity index (χ4v) is 7.37. The molecule has 57 heavy (non-hydrogen) atoms. The average Bonchev–Trinajstić information content (AvgIpc) is 3.43. The smallest absolute Gasteiger partial charge is 0.269 e. The lowest BCUT2D eigenvalue weighted by atomic mass is 9.94. The van der Waals surface area contributed by atoms with Crippen molar-refractivity contribution in [2.24, 2.45) is 0 Å². The number of nitrogens with one attached hydrogen (secondary N) is 5. The van der Waals surface area contributed by atoms with Gasteiger partial charge in [0.1, 0.15) is 11.7 Å². The number of piperidine rings is 1. The maximum atomic E-state index is 13.1. The predicted molar refractivity (Wildman–Crippen MR) is 212 cm³/mol. The van der Waals surface area contributed by atoms with Gasteiger partial charge in [0.15, 0.2) is 0 Å². The number of rotatable bonds is 7. The highest BCUT2D eigenvalue weighted by Gasteiger charge is 2.39. The summed E-state index contributed by atoms with van der Waals surface area (Å²) in [6.07, 6.45) is 4.48. The zero-order valence-corrected chi connectivity index (χ0v) is 30.8. The van der Waals surface area contributed by atoms with Crippen LogP contribution in [0.25, 0.3) is 33.2 Å². The number of fused-ring (bicyclic) bond motifs is 3. The number of anilines is 2. The van der Waals surface area contributed by atoms with Crippen LogP contribution in [0, 0.1) is 11.8 Å². The van der Waals surface area contributed by atoms with Crippen molar-refractivity contribution >= 4 is 57.6 Å². The zero-order chi connectivity index (χ0) is 39.6. The van der Waals surface area contributed by atoms with Gasteiger partial charge >= 0.3 is 0 Å². The van der Waals surface area contributed by atoms with E-state index in [2.05, 4.69) is 43.4 Å². The van der Waals surface area contributed by atoms with Crippen LogP contribution in [0.4, 0.5) is 11.4 Å². The van der Waals surface area contributed by atoms with E-state index in [1.807, 2.05) is 36.4 Å². The van der Waals surface area contributed by atoms with Crippen LogP contribution in [0.5, 0.6) is 0 Å². The van der Waals surface area contributed by atoms with Gasteiger partial charge in [-0.2, -0.15) is 0 Å². The summed E-state index contributed by atoms with van der Waals surface area (Å²) >= 11 is 0. The van der Waals surface area contributed by atoms with Crippen LogP contribution in [-0.2, 0) is 20.9 Å². The zero-order valence-electron chi connectivity index (χ0n) is 30.8. The van der Waals surface area contributed by atoms with E-state index < -0.39 is 11.9 Å². The summed E-state index contributed by atoms with van der Waals surface area (Å²) in [6, 6.07) is 19.3. The summed E-state index contributed by atoms with van der Waals surface area (Å²) in [5.74, 6) is 4.35. The second-order valence-corrected chi connectivity index (χ2v) is 13.8. The molecule has 1 saturated heterocycles. The first kappa shape index (κ1) is 36.6. The van der Waals surface area contributed by atoms with Crippen molar-refractivity contribution in [3.8, 4) is 34.2 Å². The van der Waals surface area contributed by atoms with Crippen LogP contribution in [0.3, 0.4) is 0 Å². The van der Waals surface area contributed by atoms with Crippen LogP contribution in [0.1, 0.15) is 68.0 Å². The van der Waals surface area contributed by atoms with Crippen LogP contribution < -0.4 is 26.6 Å². The third kappa shape index (κ3) is 7.26. The number of carbonyl (C=O) groups excluding carboxylic acids is 6. The Kier molecular flexibility index (Phi) is 9.87. The second kappa shape index (κ2) is 15.4. The van der Waals surface area contributed by atoms with Crippen molar-refractivity contribution in [2.75, 3.05) is 30.8 Å². The summed E-state index contributed by atoms with van der Waals surface area (Å²) in [5.41, 5.74) is 6.79. The number of hydrogen-bond acceptors (Lipinski definition) is 9. The minimum atomic E-state index is -0.702. The van der Waals surface area contributed by atoms with Gasteiger partial charge in [0, 0.05) is 91.5 Å². The lowest BCUT2D eigenvalue weighted by molar-refractivity contribution is -0.137. The summed E-state index contributed by atoms with van der Waals surface area (Å²) in [6.45, 7) is 0.955. The molecular weight excluding hydrogens is 725 g/mol. The third-order valence-corrected chi connectivity index (χ3v) is 10.2. The Balaban J connectivity index is 0.929. The number of benzene rings is 3. The van der Waals surface area contributed by atoms with E-state index >= 15 is 0 Å². The van der Waals surface area contributed by atoms with E-state index in [0.717, 1.165) is 38.7 Å². The molecule has 3 aliphatic rings. The monoisotopic (exact) mass is 760 g/mol. The van der Waals surface area contributed by atoms with Crippen molar-refractivity contribution in [1.29, 1.82) is 0 Å². The van der Waals surface area contributed by atoms with Gasteiger partial charge in [0.05, 0.1) is 17.1 Å². The molecule has 8 rings (SSSR count). The van der Waals surface area contributed by atoms with E-state index in [1.165, 1.54) is 4.90 Å². The predicted octanol–water partition coefficient (Wildman–Crippen LogP) is 4.01. The first-order valence-corrected chi connectivity index (χ1v) is 18.5. The molecule has 0 aliphatic carbocycles. The molecule has 5 aromatic rings. The molecule has 3 aromatic carbocycles. The van der Waals surface area contributed by atoms with Gasteiger partial charge in [-0.15, -0.1) is 0 Å². The Morgan fingerprint density at radius 1 is 0.877 bits per heavy atom. The van der Waals surface area contributed by atoms with Gasteiger partial charge in [-0.1, -0.05) is 36.1 Å². The fourth-order valence-electron chi connectivity index (χ4n) is 7.37. The van der Waals surface area contributed by atoms with Gasteiger partial charge in [0.25, 0.3) is 17.7 Å². The molecule has 284 valence electrons. The number of pyridine rings is 2. The lowest BCUT2D eigenvalue weighted by Gasteiger charge is -2.29. The lowest BCUT2D eigenvalue weighted by Crippen LogP contribution is -2.52. The molecule has 0 spiro atoms. The van der Waals surface area contributed by atoms with Gasteiger partial charge in [-0.25, -0.2) is 0 Å². The molecule has 1 fully saturated rings. The van der Waals surface area contributed by atoms with Crippen molar-refractivity contribution in [3.05, 3.63) is 107 Å². The van der Waals surface area contributed by atoms with Crippen LogP contribution >= 0.6 is 0 Å². The topological polar surface area (TPSA) is 192 Å². The van der Waals surface area contributed by atoms with Crippen molar-refractivity contribution in [1.82, 2.24) is 30.8 Å². The Bertz CT molecular complexity index is 2590. The average molecular weight is 761 g/mol. The number of aromatic nitrogens is 2. The third-order valence-electron chi connectivity index (χ3n) is 10.2. The Morgan fingerprint density at radius 3 is 2.51 bits per heavy atom. The van der Waals surface area contributed by atoms with Crippen LogP contribution in [0.15, 0.2) is 79.1 Å². The van der Waals surface area contributed by atoms with Gasteiger partial charge in [0.2, 0.25) is 17.7 Å². The summed E-state index contributed by atoms with van der Waals surface area (Å²) in [5, 5.41) is 15.8. The van der Waals surface area contributed by atoms with E-state index in [9.17, 15) is 28.8 Å². The molecule has 6 amide bonds. The molecule has 14 heteroatoms. The molecule has 0 saturated carbocycles. The van der Waals surface area contributed by atoms with Gasteiger partial charge in [-0.05, 0) is 65.4 Å². The van der Waals surface area contributed by atoms with Crippen LogP contribution in [0.2, 0.25) is 0 Å². The molecular formula is C43H36N8O6. The standard InChI is InChI=1S/C43H36N8O6/c1-44-40(54)27-18-30(39-35(20-27)49-38(53)15-17-45-39)28-9-5-8-25-19-34(48-22-31(25)28)26-11-12-33(47-21-26)41(55)46-16-3-2-6-24-7-4-10-29-32(24)23-51(43(29)57)36-13-14-37(52)50-42(36)56/h4-5,7-12,18-22,36,45H,3,13-17,23H2,1H3,(H,44,54)(H,46,55)(H,49,53)(H,50,52,56). The summed E-state index contributed by atoms with van der Waals surface area (Å²) in [7, 11) is 1.56. The summed E-state index contributed by atoms with van der Waals surface area (Å²) < 4.78 is 0. The van der Waals surface area contributed by atoms with E-state index in [4.69, 9.17) is 4.98 Å². The first-order chi connectivity index (χ1) is 27.7. The normalized spacial score (nSPS) is 15.9. The molecule has 3 aliphatic heterocycles. The largest absolute Gasteiger partial charge is 0.382 e. The highest BCUT2D eigenvalue weighted by molar-refractivity contribution is 6.09. The highest BCUT2D eigenvalue weighted by Crippen LogP contribution is 2.40. The Morgan fingerprint density at radius 2 is 1.70 bits per heavy atom. The minimum absolute atomic E-state index is 0.136. The molecule has 5 heterocycles. The molecule has 0 radical (unpaired) electrons. The molecule has 2 aromatic heterocycles. The number of hydrogen-bond donors (Lipinski definition) is 5. The van der Waals surface area contributed by atoms with Gasteiger partial charge in [-0.3, -0.25) is 44.1 Å². The van der Waals surface area contributed by atoms with E-state index in [1.54, 1.807) is 49.8 Å². The maximum absolute atomic E-state index is 13.1. The van der Waals surface area contributed by atoms with Crippen molar-refractivity contribution in [2.45, 2.75) is 38.3 Å².